The van der Waals surface area contributed by atoms with Crippen LogP contribution < -0.4 is 0 Å². The maximum atomic E-state index is 11.8. The number of carbonyl (C=O) groups excluding carboxylic acids is 1. The van der Waals surface area contributed by atoms with Crippen LogP contribution in [0.2, 0.25) is 0 Å². The van der Waals surface area contributed by atoms with Crippen LogP contribution in [0.4, 0.5) is 0 Å². The fraction of sp³-hybridized carbons (Fsp3) is 0.250. The molecule has 4 heteroatoms. The molecule has 62 valence electrons. The molecule has 0 unspecified atom stereocenters. The molecule has 0 spiro atoms. The van der Waals surface area contributed by atoms with Crippen LogP contribution in [0.3, 0.4) is 0 Å². The van der Waals surface area contributed by atoms with Gasteiger partial charge in [0.25, 0.3) is 5.91 Å². The van der Waals surface area contributed by atoms with Crippen LogP contribution in [0.5, 0.6) is 0 Å². The van der Waals surface area contributed by atoms with Crippen molar-refractivity contribution in [2.45, 2.75) is 6.50 Å². The van der Waals surface area contributed by atoms with E-state index in [4.69, 9.17) is 6.85 Å². The van der Waals surface area contributed by atoms with Gasteiger partial charge in [0, 0.05) is 33.8 Å². The van der Waals surface area contributed by atoms with E-state index in [0.29, 0.717) is 4.47 Å². The highest BCUT2D eigenvalue weighted by Gasteiger charge is 2.25. The van der Waals surface area contributed by atoms with E-state index in [9.17, 15) is 4.79 Å². The minimum Gasteiger partial charge on any atom is -0.336 e. The van der Waals surface area contributed by atoms with Crippen molar-refractivity contribution in [1.82, 2.24) is 9.88 Å². The fourth-order valence-corrected chi connectivity index (χ4v) is 1.30. The zero-order chi connectivity index (χ0) is 13.0. The molecule has 2 heterocycles. The molecular formula is C8H7BrN2O. The van der Waals surface area contributed by atoms with Crippen LogP contribution in [0.15, 0.2) is 16.7 Å². The molecule has 0 atom stereocenters. The second-order valence-corrected chi connectivity index (χ2v) is 3.22. The van der Waals surface area contributed by atoms with Crippen LogP contribution in [-0.2, 0) is 6.50 Å². The first-order chi connectivity index (χ1) is 7.65. The van der Waals surface area contributed by atoms with E-state index in [1.807, 2.05) is 0 Å². The molecule has 12 heavy (non-hydrogen) atoms. The minimum atomic E-state index is -2.84. The number of carbonyl (C=O) groups is 1. The van der Waals surface area contributed by atoms with E-state index in [2.05, 4.69) is 20.9 Å². The van der Waals surface area contributed by atoms with Gasteiger partial charge in [-0.15, -0.1) is 0 Å². The Morgan fingerprint density at radius 3 is 3.50 bits per heavy atom. The quantitative estimate of drug-likeness (QED) is 0.677. The van der Waals surface area contributed by atoms with Crippen LogP contribution in [0, 0.1) is 0 Å². The van der Waals surface area contributed by atoms with Crippen molar-refractivity contribution >= 4 is 21.8 Å². The summed E-state index contributed by atoms with van der Waals surface area (Å²) in [6.07, 6.45) is 1.33. The highest BCUT2D eigenvalue weighted by atomic mass is 79.9. The van der Waals surface area contributed by atoms with E-state index in [0.717, 1.165) is 0 Å². The summed E-state index contributed by atoms with van der Waals surface area (Å²) < 4.78 is 37.6. The number of halogens is 1. The smallest absolute Gasteiger partial charge is 0.272 e. The Kier molecular flexibility index (Phi) is 0.824. The van der Waals surface area contributed by atoms with Crippen molar-refractivity contribution in [3.63, 3.8) is 0 Å². The van der Waals surface area contributed by atoms with Gasteiger partial charge in [-0.3, -0.25) is 4.79 Å². The predicted octanol–water partition coefficient (Wildman–Crippen LogP) is 1.43. The van der Waals surface area contributed by atoms with E-state index >= 15 is 0 Å². The molecule has 0 aromatic carbocycles. The van der Waals surface area contributed by atoms with Gasteiger partial charge in [-0.2, -0.15) is 0 Å². The molecule has 1 aromatic heterocycles. The highest BCUT2D eigenvalue weighted by Crippen LogP contribution is 2.21. The molecule has 0 saturated heterocycles. The predicted molar refractivity (Wildman–Crippen MR) is 47.7 cm³/mol. The normalized spacial score (nSPS) is 26.6. The Morgan fingerprint density at radius 1 is 1.92 bits per heavy atom. The van der Waals surface area contributed by atoms with Gasteiger partial charge in [0.1, 0.15) is 5.69 Å². The monoisotopic (exact) mass is 231 g/mol. The minimum absolute atomic E-state index is 0.0343. The Balaban J connectivity index is 2.65. The van der Waals surface area contributed by atoms with E-state index in [-0.39, 0.29) is 16.2 Å². The number of aromatic nitrogens is 1. The first-order valence-corrected chi connectivity index (χ1v) is 3.95. The van der Waals surface area contributed by atoms with Gasteiger partial charge in [0.15, 0.2) is 0 Å². The molecule has 0 fully saturated rings. The fourth-order valence-electron chi connectivity index (χ4n) is 0.972. The Bertz CT molecular complexity index is 501. The Labute approximate surface area is 85.6 Å². The molecular weight excluding hydrogens is 220 g/mol. The first kappa shape index (κ1) is 3.87. The van der Waals surface area contributed by atoms with Crippen molar-refractivity contribution in [1.29, 1.82) is 0 Å². The molecule has 0 radical (unpaired) electrons. The maximum Gasteiger partial charge on any atom is 0.272 e. The molecule has 3 nitrogen and oxygen atoms in total. The van der Waals surface area contributed by atoms with Crippen LogP contribution >= 0.6 is 15.9 Å². The molecule has 0 saturated carbocycles. The summed E-state index contributed by atoms with van der Waals surface area (Å²) in [5.74, 6) is -0.919. The van der Waals surface area contributed by atoms with Gasteiger partial charge in [0.2, 0.25) is 0 Å². The molecule has 1 aliphatic rings. The van der Waals surface area contributed by atoms with Gasteiger partial charge in [-0.05, 0) is 22.0 Å². The lowest BCUT2D eigenvalue weighted by atomic mass is 10.2. The lowest BCUT2D eigenvalue weighted by Gasteiger charge is -2.03. The van der Waals surface area contributed by atoms with Crippen LogP contribution in [-0.4, -0.2) is 22.8 Å². The number of hydrogen-bond acceptors (Lipinski definition) is 2. The highest BCUT2D eigenvalue weighted by molar-refractivity contribution is 9.10. The summed E-state index contributed by atoms with van der Waals surface area (Å²) in [4.78, 5) is 15.8. The molecule has 1 amide bonds. The third-order valence-corrected chi connectivity index (χ3v) is 1.93. The summed E-state index contributed by atoms with van der Waals surface area (Å²) in [7, 11) is 0. The van der Waals surface area contributed by atoms with Crippen molar-refractivity contribution in [2.24, 2.45) is 0 Å². The largest absolute Gasteiger partial charge is 0.336 e. The number of rotatable bonds is 0. The molecule has 0 bridgehead atoms. The van der Waals surface area contributed by atoms with E-state index < -0.39 is 19.4 Å². The number of fused-ring (bicyclic) bond motifs is 1. The third kappa shape index (κ3) is 1.03. The molecule has 0 aliphatic carbocycles. The lowest BCUT2D eigenvalue weighted by Crippen LogP contribution is -2.17. The van der Waals surface area contributed by atoms with Gasteiger partial charge in [-0.1, -0.05) is 0 Å². The summed E-state index contributed by atoms with van der Waals surface area (Å²) in [6.45, 7) is -5.22. The van der Waals surface area contributed by atoms with Crippen molar-refractivity contribution < 1.29 is 11.6 Å². The number of nitrogens with zero attached hydrogens (tertiary/aromatic N) is 2. The molecule has 2 rings (SSSR count). The summed E-state index contributed by atoms with van der Waals surface area (Å²) in [5, 5.41) is 0. The average molecular weight is 232 g/mol. The number of hydrogen-bond donors (Lipinski definition) is 0. The summed E-state index contributed by atoms with van der Waals surface area (Å²) in [6, 6.07) is 1.37. The second-order valence-electron chi connectivity index (χ2n) is 2.30. The number of pyridine rings is 1. The van der Waals surface area contributed by atoms with Gasteiger partial charge in [0.05, 0.1) is 2.74 Å². The standard InChI is InChI=1S/C8H7BrN2O/c1-11-4-5-2-6(9)3-10-7(5)8(11)12/h2-3H,4H2,1H3/i1D3,4D2. The maximum absolute atomic E-state index is 11.8. The lowest BCUT2D eigenvalue weighted by molar-refractivity contribution is 0.0812. The second kappa shape index (κ2) is 2.55. The molecule has 1 aromatic rings. The molecule has 1 aliphatic heterocycles. The van der Waals surface area contributed by atoms with Gasteiger partial charge in [-0.25, -0.2) is 4.98 Å². The Hall–Kier alpha value is -0.900. The van der Waals surface area contributed by atoms with Crippen LogP contribution in [0.25, 0.3) is 0 Å². The van der Waals surface area contributed by atoms with E-state index in [1.165, 1.54) is 12.3 Å². The number of amides is 1. The van der Waals surface area contributed by atoms with Gasteiger partial charge >= 0.3 is 0 Å². The summed E-state index contributed by atoms with van der Waals surface area (Å²) >= 11 is 3.11. The van der Waals surface area contributed by atoms with Gasteiger partial charge < -0.3 is 4.90 Å². The molecule has 0 N–H and O–H groups in total. The van der Waals surface area contributed by atoms with E-state index in [1.54, 1.807) is 0 Å². The average Bonchev–Trinajstić information content (AvgIpc) is 2.33. The Morgan fingerprint density at radius 2 is 2.75 bits per heavy atom. The van der Waals surface area contributed by atoms with Crippen molar-refractivity contribution in [3.8, 4) is 0 Å². The van der Waals surface area contributed by atoms with Crippen molar-refractivity contribution in [2.75, 3.05) is 6.98 Å². The third-order valence-electron chi connectivity index (χ3n) is 1.49. The zero-order valence-electron chi connectivity index (χ0n) is 10.8. The first-order valence-electron chi connectivity index (χ1n) is 5.66. The summed E-state index contributed by atoms with van der Waals surface area (Å²) in [5.41, 5.74) is -0.192. The zero-order valence-corrected chi connectivity index (χ0v) is 7.42. The van der Waals surface area contributed by atoms with Crippen LogP contribution in [0.1, 0.15) is 22.9 Å². The topological polar surface area (TPSA) is 33.2 Å². The van der Waals surface area contributed by atoms with Crippen molar-refractivity contribution in [3.05, 3.63) is 28.0 Å². The SMILES string of the molecule is [2H]C([2H])([2H])N1C(=O)c2ncc(Br)cc2C1([2H])[2H].